The van der Waals surface area contributed by atoms with Crippen LogP contribution in [0.5, 0.6) is 0 Å². The monoisotopic (exact) mass is 684 g/mol. The van der Waals surface area contributed by atoms with Gasteiger partial charge >= 0.3 is 0 Å². The van der Waals surface area contributed by atoms with Crippen LogP contribution in [-0.4, -0.2) is 17.6 Å². The Labute approximate surface area is 301 Å². The average Bonchev–Trinajstić information content (AvgIpc) is 3.75. The first-order chi connectivity index (χ1) is 25.3. The maximum Gasteiger partial charge on any atom is 0.179 e. The number of fused-ring (bicyclic) bond motifs is 6. The summed E-state index contributed by atoms with van der Waals surface area (Å²) in [6.07, 6.45) is 2.03. The predicted molar refractivity (Wildman–Crippen MR) is 221 cm³/mol. The minimum atomic E-state index is -2.65. The van der Waals surface area contributed by atoms with E-state index in [-0.39, 0.29) is 0 Å². The van der Waals surface area contributed by atoms with Crippen molar-refractivity contribution in [2.45, 2.75) is 0 Å². The predicted octanol–water partition coefficient (Wildman–Crippen LogP) is 9.59. The summed E-state index contributed by atoms with van der Waals surface area (Å²) in [6.45, 7) is 0. The third-order valence-corrected chi connectivity index (χ3v) is 16.3. The highest BCUT2D eigenvalue weighted by atomic mass is 32.1. The number of thiophene rings is 1. The first kappa shape index (κ1) is 29.8. The first-order valence-electron chi connectivity index (χ1n) is 17.4. The molecule has 10 rings (SSSR count). The second-order valence-corrected chi connectivity index (χ2v) is 18.0. The molecule has 7 aromatic carbocycles. The summed E-state index contributed by atoms with van der Waals surface area (Å²) >= 11 is 1.76. The van der Waals surface area contributed by atoms with Gasteiger partial charge in [0.25, 0.3) is 0 Å². The molecule has 0 N–H and O–H groups in total. The molecule has 0 saturated heterocycles. The van der Waals surface area contributed by atoms with Gasteiger partial charge in [-0.1, -0.05) is 158 Å². The topological polar surface area (TPSA) is 17.8 Å². The van der Waals surface area contributed by atoms with Gasteiger partial charge in [0, 0.05) is 26.2 Å². The molecule has 0 fully saturated rings. The Kier molecular flexibility index (Phi) is 7.05. The first-order valence-corrected chi connectivity index (χ1v) is 20.2. The molecule has 4 heteroatoms. The molecule has 0 saturated carbocycles. The van der Waals surface area contributed by atoms with E-state index in [0.29, 0.717) is 0 Å². The summed E-state index contributed by atoms with van der Waals surface area (Å²) in [7, 11) is -2.65. The van der Waals surface area contributed by atoms with Crippen molar-refractivity contribution in [1.29, 1.82) is 0 Å². The van der Waals surface area contributed by atoms with Gasteiger partial charge in [0.1, 0.15) is 4.83 Å². The van der Waals surface area contributed by atoms with Crippen molar-refractivity contribution in [3.63, 3.8) is 0 Å². The van der Waals surface area contributed by atoms with E-state index < -0.39 is 8.07 Å². The Balaban J connectivity index is 1.17. The molecule has 0 radical (unpaired) electrons. The fraction of sp³-hybridized carbons (Fsp3) is 0. The van der Waals surface area contributed by atoms with Gasteiger partial charge in [-0.3, -0.25) is 0 Å². The highest BCUT2D eigenvalue weighted by Gasteiger charge is 2.41. The fourth-order valence-electron chi connectivity index (χ4n) is 8.15. The van der Waals surface area contributed by atoms with Gasteiger partial charge in [0.15, 0.2) is 8.07 Å². The number of pyridine rings is 1. The zero-order valence-electron chi connectivity index (χ0n) is 27.8. The summed E-state index contributed by atoms with van der Waals surface area (Å²) in [5.41, 5.74) is 5.87. The Bertz CT molecular complexity index is 2760. The van der Waals surface area contributed by atoms with E-state index in [1.807, 2.05) is 6.20 Å². The molecule has 0 aliphatic rings. The number of benzene rings is 7. The molecule has 0 amide bonds. The van der Waals surface area contributed by atoms with Crippen LogP contribution in [0.4, 0.5) is 0 Å². The van der Waals surface area contributed by atoms with Crippen molar-refractivity contribution in [3.8, 4) is 16.8 Å². The van der Waals surface area contributed by atoms with Gasteiger partial charge in [-0.05, 0) is 62.2 Å². The molecule has 240 valence electrons. The third-order valence-electron chi connectivity index (χ3n) is 10.4. The highest BCUT2D eigenvalue weighted by molar-refractivity contribution is 7.25. The molecule has 0 atom stereocenters. The van der Waals surface area contributed by atoms with Crippen molar-refractivity contribution >= 4 is 82.3 Å². The fourth-order valence-corrected chi connectivity index (χ4v) is 14.0. The van der Waals surface area contributed by atoms with E-state index in [1.165, 1.54) is 69.2 Å². The lowest BCUT2D eigenvalue weighted by atomic mass is 10.0. The van der Waals surface area contributed by atoms with E-state index in [9.17, 15) is 0 Å². The lowest BCUT2D eigenvalue weighted by Crippen LogP contribution is -2.74. The molecule has 10 aromatic rings. The average molecular weight is 685 g/mol. The minimum Gasteiger partial charge on any atom is -0.308 e. The standard InChI is InChI=1S/C47H32N2SSi/c1-4-16-36(17-5-1)51(37-18-6-2-7-19-37,38-20-8-3-9-21-38)39-22-14-15-33(29-39)34-27-28-45-42(30-34)40-23-10-12-25-44(40)49(45)35-31-43-41-24-11-13-26-46(41)50-47(43)48-32-35/h1-32H. The van der Waals surface area contributed by atoms with Gasteiger partial charge in [0.05, 0.1) is 22.9 Å². The molecule has 0 aliphatic heterocycles. The van der Waals surface area contributed by atoms with Crippen molar-refractivity contribution < 1.29 is 0 Å². The molecule has 3 heterocycles. The highest BCUT2D eigenvalue weighted by Crippen LogP contribution is 2.38. The van der Waals surface area contributed by atoms with Crippen molar-refractivity contribution in [1.82, 2.24) is 9.55 Å². The van der Waals surface area contributed by atoms with Gasteiger partial charge in [-0.15, -0.1) is 11.3 Å². The van der Waals surface area contributed by atoms with E-state index in [4.69, 9.17) is 4.98 Å². The smallest absolute Gasteiger partial charge is 0.179 e. The number of nitrogens with zero attached hydrogens (tertiary/aromatic N) is 2. The zero-order valence-corrected chi connectivity index (χ0v) is 29.6. The molecule has 2 nitrogen and oxygen atoms in total. The zero-order chi connectivity index (χ0) is 33.8. The summed E-state index contributed by atoms with van der Waals surface area (Å²) in [6, 6.07) is 69.4. The van der Waals surface area contributed by atoms with Crippen molar-refractivity contribution in [2.24, 2.45) is 0 Å². The summed E-state index contributed by atoms with van der Waals surface area (Å²) in [5.74, 6) is 0. The van der Waals surface area contributed by atoms with Crippen molar-refractivity contribution in [3.05, 3.63) is 194 Å². The van der Waals surface area contributed by atoms with Crippen LogP contribution in [0.15, 0.2) is 194 Å². The Morgan fingerprint density at radius 1 is 0.412 bits per heavy atom. The van der Waals surface area contributed by atoms with E-state index in [1.54, 1.807) is 11.3 Å². The van der Waals surface area contributed by atoms with Crippen LogP contribution in [0.2, 0.25) is 0 Å². The SMILES string of the molecule is c1ccc([Si](c2ccccc2)(c2ccccc2)c2cccc(-c3ccc4c(c3)c3ccccc3n4-c3cnc4sc5ccccc5c4c3)c2)cc1. The molecule has 0 spiro atoms. The number of rotatable bonds is 6. The minimum absolute atomic E-state index is 1.07. The second kappa shape index (κ2) is 12.1. The summed E-state index contributed by atoms with van der Waals surface area (Å²) in [4.78, 5) is 6.04. The normalized spacial score (nSPS) is 11.9. The van der Waals surface area contributed by atoms with Crippen LogP contribution in [0.25, 0.3) is 58.9 Å². The number of para-hydroxylation sites is 1. The van der Waals surface area contributed by atoms with E-state index in [2.05, 4.69) is 193 Å². The second-order valence-electron chi connectivity index (χ2n) is 13.2. The molecule has 0 bridgehead atoms. The number of aromatic nitrogens is 2. The summed E-state index contributed by atoms with van der Waals surface area (Å²) in [5, 5.41) is 10.4. The van der Waals surface area contributed by atoms with Crippen LogP contribution in [-0.2, 0) is 0 Å². The van der Waals surface area contributed by atoms with Gasteiger partial charge in [0.2, 0.25) is 0 Å². The van der Waals surface area contributed by atoms with E-state index in [0.717, 1.165) is 10.5 Å². The third kappa shape index (κ3) is 4.72. The van der Waals surface area contributed by atoms with Crippen LogP contribution in [0, 0.1) is 0 Å². The number of hydrogen-bond donors (Lipinski definition) is 0. The molecular weight excluding hydrogens is 653 g/mol. The van der Waals surface area contributed by atoms with Crippen molar-refractivity contribution in [2.75, 3.05) is 0 Å². The molecule has 3 aromatic heterocycles. The van der Waals surface area contributed by atoms with Gasteiger partial charge < -0.3 is 4.57 Å². The number of hydrogen-bond acceptors (Lipinski definition) is 2. The Morgan fingerprint density at radius 3 is 1.69 bits per heavy atom. The van der Waals surface area contributed by atoms with E-state index >= 15 is 0 Å². The molecule has 0 unspecified atom stereocenters. The van der Waals surface area contributed by atoms with Crippen LogP contribution >= 0.6 is 11.3 Å². The quantitative estimate of drug-likeness (QED) is 0.126. The van der Waals surface area contributed by atoms with Crippen LogP contribution in [0.3, 0.4) is 0 Å². The van der Waals surface area contributed by atoms with Gasteiger partial charge in [-0.2, -0.15) is 0 Å². The summed E-state index contributed by atoms with van der Waals surface area (Å²) < 4.78 is 3.65. The maximum atomic E-state index is 4.96. The van der Waals surface area contributed by atoms with Gasteiger partial charge in [-0.25, -0.2) is 4.98 Å². The Morgan fingerprint density at radius 2 is 0.980 bits per heavy atom. The largest absolute Gasteiger partial charge is 0.308 e. The Hall–Kier alpha value is -6.07. The van der Waals surface area contributed by atoms with Crippen LogP contribution < -0.4 is 20.7 Å². The maximum absolute atomic E-state index is 4.96. The molecule has 0 aliphatic carbocycles. The van der Waals surface area contributed by atoms with Crippen LogP contribution in [0.1, 0.15) is 0 Å². The lowest BCUT2D eigenvalue weighted by Gasteiger charge is -2.34. The molecule has 51 heavy (non-hydrogen) atoms. The lowest BCUT2D eigenvalue weighted by molar-refractivity contribution is 1.16. The molecular formula is C47H32N2SSi.